The number of fused-ring (bicyclic) bond motifs is 2. The fraction of sp³-hybridized carbons (Fsp3) is 0.212. The number of benzene rings is 3. The van der Waals surface area contributed by atoms with Gasteiger partial charge in [0.1, 0.15) is 10.3 Å². The van der Waals surface area contributed by atoms with E-state index in [1.54, 1.807) is 44.9 Å². The standard InChI is InChI=1S/C33H28BrN3O5S/c1-18(2)42-32(40)26-19(3)35-33-37(28(26)21-11-8-12-23(15-21)41-4)31(39)29(43-33)27-24-16-22(34)13-14-25(24)36(30(27)38)17-20-9-6-5-7-10-20/h5-16,18,28H,17H2,1-4H3/b29-27+/t28-/m0/s1. The van der Waals surface area contributed by atoms with Crippen molar-refractivity contribution in [2.75, 3.05) is 12.0 Å². The molecule has 2 aliphatic heterocycles. The van der Waals surface area contributed by atoms with E-state index in [1.165, 1.54) is 4.57 Å². The van der Waals surface area contributed by atoms with Gasteiger partial charge in [-0.3, -0.25) is 14.2 Å². The molecule has 0 saturated carbocycles. The lowest BCUT2D eigenvalue weighted by atomic mass is 9.95. The summed E-state index contributed by atoms with van der Waals surface area (Å²) in [5, 5.41) is 0. The maximum Gasteiger partial charge on any atom is 0.338 e. The number of ether oxygens (including phenoxy) is 2. The summed E-state index contributed by atoms with van der Waals surface area (Å²) in [5.41, 5.74) is 3.62. The predicted octanol–water partition coefficient (Wildman–Crippen LogP) is 4.87. The van der Waals surface area contributed by atoms with Gasteiger partial charge in [-0.15, -0.1) is 0 Å². The number of rotatable bonds is 6. The summed E-state index contributed by atoms with van der Waals surface area (Å²) in [7, 11) is 1.56. The summed E-state index contributed by atoms with van der Waals surface area (Å²) >= 11 is 4.69. The molecule has 0 fully saturated rings. The number of esters is 1. The number of anilines is 1. The second-order valence-electron chi connectivity index (χ2n) is 10.5. The van der Waals surface area contributed by atoms with Crippen LogP contribution in [0.15, 0.2) is 98.3 Å². The topological polar surface area (TPSA) is 90.2 Å². The molecule has 10 heteroatoms. The highest BCUT2D eigenvalue weighted by Gasteiger charge is 2.38. The molecule has 0 saturated heterocycles. The zero-order valence-electron chi connectivity index (χ0n) is 24.0. The third-order valence-electron chi connectivity index (χ3n) is 7.36. The normalized spacial score (nSPS) is 17.1. The molecular weight excluding hydrogens is 630 g/mol. The fourth-order valence-electron chi connectivity index (χ4n) is 5.48. The Morgan fingerprint density at radius 3 is 2.53 bits per heavy atom. The second kappa shape index (κ2) is 11.4. The lowest BCUT2D eigenvalue weighted by Gasteiger charge is -2.25. The Hall–Kier alpha value is -4.28. The average molecular weight is 659 g/mol. The Morgan fingerprint density at radius 2 is 1.81 bits per heavy atom. The Bertz CT molecular complexity index is 1990. The van der Waals surface area contributed by atoms with E-state index >= 15 is 0 Å². The lowest BCUT2D eigenvalue weighted by molar-refractivity contribution is -0.143. The number of carbonyl (C=O) groups excluding carboxylic acids is 2. The number of hydrogen-bond acceptors (Lipinski definition) is 7. The molecule has 2 aliphatic rings. The average Bonchev–Trinajstić information content (AvgIpc) is 3.44. The van der Waals surface area contributed by atoms with Crippen molar-refractivity contribution in [1.29, 1.82) is 0 Å². The molecular formula is C33H28BrN3O5S. The summed E-state index contributed by atoms with van der Waals surface area (Å²) in [6.07, 6.45) is -0.368. The first-order chi connectivity index (χ1) is 20.7. The van der Waals surface area contributed by atoms with E-state index in [0.29, 0.717) is 39.5 Å². The molecule has 0 aliphatic carbocycles. The van der Waals surface area contributed by atoms with Crippen molar-refractivity contribution >= 4 is 50.4 Å². The fourth-order valence-corrected chi connectivity index (χ4v) is 6.98. The van der Waals surface area contributed by atoms with Crippen molar-refractivity contribution in [1.82, 2.24) is 4.57 Å². The first-order valence-corrected chi connectivity index (χ1v) is 15.3. The molecule has 1 atom stereocenters. The first kappa shape index (κ1) is 28.8. The van der Waals surface area contributed by atoms with Gasteiger partial charge in [0.2, 0.25) is 0 Å². The number of methoxy groups -OCH3 is 1. The maximum atomic E-state index is 14.4. The van der Waals surface area contributed by atoms with E-state index in [1.807, 2.05) is 60.7 Å². The van der Waals surface area contributed by atoms with E-state index in [-0.39, 0.29) is 22.1 Å². The van der Waals surface area contributed by atoms with Gasteiger partial charge in [-0.25, -0.2) is 9.79 Å². The largest absolute Gasteiger partial charge is 0.497 e. The number of aromatic nitrogens is 1. The van der Waals surface area contributed by atoms with Crippen molar-refractivity contribution in [3.05, 3.63) is 125 Å². The van der Waals surface area contributed by atoms with Crippen LogP contribution in [0.1, 0.15) is 43.5 Å². The molecule has 3 heterocycles. The van der Waals surface area contributed by atoms with Crippen molar-refractivity contribution in [3.63, 3.8) is 0 Å². The molecule has 0 radical (unpaired) electrons. The van der Waals surface area contributed by atoms with Crippen LogP contribution in [0.25, 0.3) is 5.57 Å². The van der Waals surface area contributed by atoms with Crippen LogP contribution in [0.2, 0.25) is 0 Å². The van der Waals surface area contributed by atoms with E-state index in [0.717, 1.165) is 27.1 Å². The highest BCUT2D eigenvalue weighted by Crippen LogP contribution is 2.38. The molecule has 1 aromatic heterocycles. The van der Waals surface area contributed by atoms with E-state index in [2.05, 4.69) is 15.9 Å². The van der Waals surface area contributed by atoms with Crippen LogP contribution in [0.3, 0.4) is 0 Å². The van der Waals surface area contributed by atoms with Gasteiger partial charge in [0.05, 0.1) is 48.3 Å². The predicted molar refractivity (Wildman–Crippen MR) is 169 cm³/mol. The molecule has 218 valence electrons. The van der Waals surface area contributed by atoms with Crippen LogP contribution in [-0.2, 0) is 20.9 Å². The van der Waals surface area contributed by atoms with Crippen molar-refractivity contribution < 1.29 is 19.1 Å². The van der Waals surface area contributed by atoms with Crippen molar-refractivity contribution in [2.24, 2.45) is 4.99 Å². The Morgan fingerprint density at radius 1 is 1.05 bits per heavy atom. The highest BCUT2D eigenvalue weighted by atomic mass is 79.9. The molecule has 8 nitrogen and oxygen atoms in total. The summed E-state index contributed by atoms with van der Waals surface area (Å²) in [6, 6.07) is 21.8. The molecule has 3 aromatic carbocycles. The minimum absolute atomic E-state index is 0.262. The van der Waals surface area contributed by atoms with E-state index < -0.39 is 17.6 Å². The molecule has 1 amide bonds. The SMILES string of the molecule is COc1cccc([C@H]2C(C(=O)OC(C)C)=C(C)N=c3s/c(=C4/C(=O)N(Cc5ccccc5)c5ccc(Br)cc54)c(=O)n32)c1. The van der Waals surface area contributed by atoms with E-state index in [9.17, 15) is 14.4 Å². The number of allylic oxidation sites excluding steroid dienone is 1. The summed E-state index contributed by atoms with van der Waals surface area (Å²) in [6.45, 7) is 5.63. The number of nitrogens with zero attached hydrogens (tertiary/aromatic N) is 3. The Balaban J connectivity index is 1.60. The smallest absolute Gasteiger partial charge is 0.338 e. The minimum atomic E-state index is -0.828. The van der Waals surface area contributed by atoms with Gasteiger partial charge in [-0.05, 0) is 62.2 Å². The minimum Gasteiger partial charge on any atom is -0.497 e. The van der Waals surface area contributed by atoms with Crippen LogP contribution in [0.5, 0.6) is 5.75 Å². The molecule has 4 aromatic rings. The summed E-state index contributed by atoms with van der Waals surface area (Å²) < 4.78 is 13.6. The Labute approximate surface area is 260 Å². The first-order valence-electron chi connectivity index (χ1n) is 13.7. The number of hydrogen-bond donors (Lipinski definition) is 0. The number of halogens is 1. The van der Waals surface area contributed by atoms with Gasteiger partial charge >= 0.3 is 5.97 Å². The summed E-state index contributed by atoms with van der Waals surface area (Å²) in [4.78, 5) is 48.8. The molecule has 0 bridgehead atoms. The van der Waals surface area contributed by atoms with Crippen LogP contribution in [0, 0.1) is 0 Å². The zero-order chi connectivity index (χ0) is 30.4. The quantitative estimate of drug-likeness (QED) is 0.276. The number of amides is 1. The maximum absolute atomic E-state index is 14.4. The monoisotopic (exact) mass is 657 g/mol. The van der Waals surface area contributed by atoms with Crippen LogP contribution < -0.4 is 24.5 Å². The van der Waals surface area contributed by atoms with Gasteiger partial charge in [0, 0.05) is 10.0 Å². The molecule has 43 heavy (non-hydrogen) atoms. The molecule has 0 N–H and O–H groups in total. The molecule has 0 spiro atoms. The summed E-state index contributed by atoms with van der Waals surface area (Å²) in [5.74, 6) is -0.243. The highest BCUT2D eigenvalue weighted by molar-refractivity contribution is 9.10. The third-order valence-corrected chi connectivity index (χ3v) is 8.90. The Kier molecular flexibility index (Phi) is 7.66. The van der Waals surface area contributed by atoms with E-state index in [4.69, 9.17) is 14.5 Å². The van der Waals surface area contributed by atoms with Crippen LogP contribution >= 0.6 is 27.3 Å². The van der Waals surface area contributed by atoms with Crippen molar-refractivity contribution in [3.8, 4) is 5.75 Å². The third kappa shape index (κ3) is 5.14. The van der Waals surface area contributed by atoms with Crippen molar-refractivity contribution in [2.45, 2.75) is 39.5 Å². The molecule has 0 unspecified atom stereocenters. The van der Waals surface area contributed by atoms with Gasteiger partial charge in [0.25, 0.3) is 11.5 Å². The van der Waals surface area contributed by atoms with Gasteiger partial charge in [-0.1, -0.05) is 69.7 Å². The zero-order valence-corrected chi connectivity index (χ0v) is 26.4. The number of carbonyl (C=O) groups is 2. The second-order valence-corrected chi connectivity index (χ2v) is 12.4. The lowest BCUT2D eigenvalue weighted by Crippen LogP contribution is -2.41. The van der Waals surface area contributed by atoms with Gasteiger partial charge in [0.15, 0.2) is 4.80 Å². The van der Waals surface area contributed by atoms with Gasteiger partial charge in [-0.2, -0.15) is 0 Å². The van der Waals surface area contributed by atoms with Crippen LogP contribution in [-0.4, -0.2) is 29.7 Å². The van der Waals surface area contributed by atoms with Crippen LogP contribution in [0.4, 0.5) is 5.69 Å². The van der Waals surface area contributed by atoms with Gasteiger partial charge < -0.3 is 14.4 Å². The molecule has 6 rings (SSSR count). The number of thiazole rings is 1.